The Bertz CT molecular complexity index is 931. The number of hydrogen-bond acceptors (Lipinski definition) is 3. The van der Waals surface area contributed by atoms with Crippen molar-refractivity contribution in [3.8, 4) is 5.69 Å². The monoisotopic (exact) mass is 309 g/mol. The zero-order valence-corrected chi connectivity index (χ0v) is 11.3. The van der Waals surface area contributed by atoms with Crippen molar-refractivity contribution in [2.45, 2.75) is 4.90 Å². The molecule has 0 aliphatic heterocycles. The predicted octanol–water partition coefficient (Wildman–Crippen LogP) is 1.95. The minimum Gasteiger partial charge on any atom is -0.300 e. The van der Waals surface area contributed by atoms with Gasteiger partial charge in [-0.15, -0.1) is 0 Å². The third-order valence-electron chi connectivity index (χ3n) is 2.96. The molecule has 0 saturated carbocycles. The summed E-state index contributed by atoms with van der Waals surface area (Å²) in [6, 6.07) is 5.94. The van der Waals surface area contributed by atoms with E-state index in [1.807, 2.05) is 0 Å². The SMILES string of the molecule is NS(=O)(=O)c1cn(-c2cc(F)cc(F)c2)c2ncccc12. The quantitative estimate of drug-likeness (QED) is 0.786. The molecular formula is C13H9F2N3O2S. The second-order valence-electron chi connectivity index (χ2n) is 4.41. The molecule has 5 nitrogen and oxygen atoms in total. The number of rotatable bonds is 2. The third-order valence-corrected chi connectivity index (χ3v) is 3.90. The summed E-state index contributed by atoms with van der Waals surface area (Å²) in [5.41, 5.74) is 0.359. The number of primary sulfonamides is 1. The number of benzene rings is 1. The maximum Gasteiger partial charge on any atom is 0.240 e. The number of fused-ring (bicyclic) bond motifs is 1. The number of nitrogens with two attached hydrogens (primary N) is 1. The highest BCUT2D eigenvalue weighted by Crippen LogP contribution is 2.26. The van der Waals surface area contributed by atoms with Gasteiger partial charge in [0.2, 0.25) is 10.0 Å². The molecule has 21 heavy (non-hydrogen) atoms. The summed E-state index contributed by atoms with van der Waals surface area (Å²) in [6.07, 6.45) is 2.64. The van der Waals surface area contributed by atoms with Crippen molar-refractivity contribution in [2.24, 2.45) is 5.14 Å². The van der Waals surface area contributed by atoms with Crippen LogP contribution in [0.25, 0.3) is 16.7 Å². The topological polar surface area (TPSA) is 78.0 Å². The summed E-state index contributed by atoms with van der Waals surface area (Å²) in [4.78, 5) is 3.89. The predicted molar refractivity (Wildman–Crippen MR) is 72.4 cm³/mol. The number of aromatic nitrogens is 2. The van der Waals surface area contributed by atoms with E-state index in [0.29, 0.717) is 0 Å². The zero-order chi connectivity index (χ0) is 15.2. The fraction of sp³-hybridized carbons (Fsp3) is 0. The molecule has 0 unspecified atom stereocenters. The Morgan fingerprint density at radius 1 is 1.14 bits per heavy atom. The summed E-state index contributed by atoms with van der Waals surface area (Å²) in [5, 5.41) is 5.44. The summed E-state index contributed by atoms with van der Waals surface area (Å²) >= 11 is 0. The first-order chi connectivity index (χ1) is 9.86. The molecule has 0 radical (unpaired) electrons. The number of nitrogens with zero attached hydrogens (tertiary/aromatic N) is 2. The molecule has 0 aliphatic carbocycles. The van der Waals surface area contributed by atoms with Gasteiger partial charge in [-0.25, -0.2) is 27.3 Å². The van der Waals surface area contributed by atoms with Crippen LogP contribution in [0.4, 0.5) is 8.78 Å². The summed E-state index contributed by atoms with van der Waals surface area (Å²) in [7, 11) is -3.99. The molecule has 0 bridgehead atoms. The Hall–Kier alpha value is -2.32. The first-order valence-corrected chi connectivity index (χ1v) is 7.36. The minimum atomic E-state index is -3.99. The smallest absolute Gasteiger partial charge is 0.240 e. The molecule has 108 valence electrons. The molecule has 2 aromatic heterocycles. The third kappa shape index (κ3) is 2.39. The highest BCUT2D eigenvalue weighted by atomic mass is 32.2. The van der Waals surface area contributed by atoms with Crippen LogP contribution in [0.3, 0.4) is 0 Å². The lowest BCUT2D eigenvalue weighted by Crippen LogP contribution is -2.11. The Morgan fingerprint density at radius 2 is 1.81 bits per heavy atom. The molecule has 0 amide bonds. The van der Waals surface area contributed by atoms with E-state index in [-0.39, 0.29) is 21.6 Å². The summed E-state index contributed by atoms with van der Waals surface area (Å²) in [6.45, 7) is 0. The Kier molecular flexibility index (Phi) is 2.99. The van der Waals surface area contributed by atoms with E-state index in [0.717, 1.165) is 18.2 Å². The molecule has 0 aliphatic rings. The molecule has 0 fully saturated rings. The van der Waals surface area contributed by atoms with Crippen LogP contribution in [-0.4, -0.2) is 18.0 Å². The van der Waals surface area contributed by atoms with Crippen LogP contribution in [0.1, 0.15) is 0 Å². The van der Waals surface area contributed by atoms with Gasteiger partial charge in [-0.2, -0.15) is 0 Å². The number of hydrogen-bond donors (Lipinski definition) is 1. The molecule has 2 heterocycles. The van der Waals surface area contributed by atoms with Gasteiger partial charge in [0.05, 0.1) is 5.69 Å². The zero-order valence-electron chi connectivity index (χ0n) is 10.5. The van der Waals surface area contributed by atoms with Gasteiger partial charge in [0.25, 0.3) is 0 Å². The lowest BCUT2D eigenvalue weighted by molar-refractivity contribution is 0.582. The normalized spacial score (nSPS) is 12.0. The lowest BCUT2D eigenvalue weighted by atomic mass is 10.3. The maximum atomic E-state index is 13.3. The summed E-state index contributed by atoms with van der Waals surface area (Å²) in [5.74, 6) is -1.56. The molecule has 2 N–H and O–H groups in total. The van der Waals surface area contributed by atoms with Crippen LogP contribution >= 0.6 is 0 Å². The van der Waals surface area contributed by atoms with Gasteiger partial charge in [-0.1, -0.05) is 0 Å². The average Bonchev–Trinajstić information content (AvgIpc) is 2.76. The molecule has 3 rings (SSSR count). The van der Waals surface area contributed by atoms with Crippen LogP contribution in [-0.2, 0) is 10.0 Å². The van der Waals surface area contributed by atoms with Gasteiger partial charge in [0.15, 0.2) is 0 Å². The molecule has 1 aromatic carbocycles. The minimum absolute atomic E-state index is 0.117. The molecule has 0 spiro atoms. The van der Waals surface area contributed by atoms with Crippen LogP contribution in [0.2, 0.25) is 0 Å². The fourth-order valence-electron chi connectivity index (χ4n) is 2.13. The molecular weight excluding hydrogens is 300 g/mol. The van der Waals surface area contributed by atoms with Crippen molar-refractivity contribution in [3.63, 3.8) is 0 Å². The molecule has 3 aromatic rings. The van der Waals surface area contributed by atoms with Crippen molar-refractivity contribution < 1.29 is 17.2 Å². The molecule has 0 saturated heterocycles. The van der Waals surface area contributed by atoms with Crippen molar-refractivity contribution >= 4 is 21.1 Å². The van der Waals surface area contributed by atoms with Gasteiger partial charge in [0, 0.05) is 23.8 Å². The van der Waals surface area contributed by atoms with Gasteiger partial charge in [-0.3, -0.25) is 4.57 Å². The fourth-order valence-corrected chi connectivity index (χ4v) is 2.85. The number of halogens is 2. The van der Waals surface area contributed by atoms with E-state index in [9.17, 15) is 17.2 Å². The van der Waals surface area contributed by atoms with Crippen molar-refractivity contribution in [3.05, 3.63) is 54.4 Å². The highest BCUT2D eigenvalue weighted by molar-refractivity contribution is 7.89. The van der Waals surface area contributed by atoms with Crippen molar-refractivity contribution in [2.75, 3.05) is 0 Å². The molecule has 0 atom stereocenters. The maximum absolute atomic E-state index is 13.3. The van der Waals surface area contributed by atoms with E-state index in [2.05, 4.69) is 4.98 Å². The van der Waals surface area contributed by atoms with E-state index in [1.54, 1.807) is 6.07 Å². The first-order valence-electron chi connectivity index (χ1n) is 5.81. The van der Waals surface area contributed by atoms with Crippen molar-refractivity contribution in [1.29, 1.82) is 0 Å². The van der Waals surface area contributed by atoms with E-state index in [1.165, 1.54) is 23.0 Å². The van der Waals surface area contributed by atoms with Crippen LogP contribution in [0.5, 0.6) is 0 Å². The Labute approximate surface area is 118 Å². The Balaban J connectivity index is 2.38. The van der Waals surface area contributed by atoms with Gasteiger partial charge in [0.1, 0.15) is 22.2 Å². The standard InChI is InChI=1S/C13H9F2N3O2S/c14-8-4-9(15)6-10(5-8)18-7-12(21(16,19)20)11-2-1-3-17-13(11)18/h1-7H,(H2,16,19,20). The van der Waals surface area contributed by atoms with Crippen LogP contribution in [0.15, 0.2) is 47.6 Å². The number of pyridine rings is 1. The van der Waals surface area contributed by atoms with E-state index >= 15 is 0 Å². The largest absolute Gasteiger partial charge is 0.300 e. The molecule has 8 heteroatoms. The number of sulfonamides is 1. The van der Waals surface area contributed by atoms with Gasteiger partial charge >= 0.3 is 0 Å². The van der Waals surface area contributed by atoms with Gasteiger partial charge < -0.3 is 0 Å². The van der Waals surface area contributed by atoms with Crippen molar-refractivity contribution in [1.82, 2.24) is 9.55 Å². The van der Waals surface area contributed by atoms with E-state index < -0.39 is 21.7 Å². The second-order valence-corrected chi connectivity index (χ2v) is 5.94. The summed E-state index contributed by atoms with van der Waals surface area (Å²) < 4.78 is 51.2. The highest BCUT2D eigenvalue weighted by Gasteiger charge is 2.19. The van der Waals surface area contributed by atoms with Gasteiger partial charge in [-0.05, 0) is 24.3 Å². The second kappa shape index (κ2) is 4.61. The average molecular weight is 309 g/mol. The Morgan fingerprint density at radius 3 is 2.43 bits per heavy atom. The lowest BCUT2D eigenvalue weighted by Gasteiger charge is -2.04. The van der Waals surface area contributed by atoms with Crippen LogP contribution < -0.4 is 5.14 Å². The first kappa shape index (κ1) is 13.7. The van der Waals surface area contributed by atoms with E-state index in [4.69, 9.17) is 5.14 Å². The van der Waals surface area contributed by atoms with Crippen LogP contribution in [0, 0.1) is 11.6 Å².